The van der Waals surface area contributed by atoms with Gasteiger partial charge in [0, 0.05) is 28.8 Å². The summed E-state index contributed by atoms with van der Waals surface area (Å²) in [6.45, 7) is 1.52. The summed E-state index contributed by atoms with van der Waals surface area (Å²) in [4.78, 5) is 38.3. The Balaban J connectivity index is 1.60. The Labute approximate surface area is 216 Å². The molecule has 36 heavy (non-hydrogen) atoms. The van der Waals surface area contributed by atoms with E-state index in [1.54, 1.807) is 54.6 Å². The van der Waals surface area contributed by atoms with Gasteiger partial charge >= 0.3 is 5.97 Å². The van der Waals surface area contributed by atoms with Crippen LogP contribution in [0.1, 0.15) is 28.6 Å². The number of amides is 2. The van der Waals surface area contributed by atoms with E-state index in [1.165, 1.54) is 20.0 Å². The molecular formula is C27H18Cl2N2O5. The van der Waals surface area contributed by atoms with Crippen LogP contribution < -0.4 is 0 Å². The second kappa shape index (κ2) is 10.2. The van der Waals surface area contributed by atoms with E-state index in [0.717, 1.165) is 4.90 Å². The lowest BCUT2D eigenvalue weighted by Crippen LogP contribution is -2.39. The van der Waals surface area contributed by atoms with Crippen LogP contribution in [0.25, 0.3) is 17.4 Å². The molecule has 0 fully saturated rings. The van der Waals surface area contributed by atoms with Crippen molar-refractivity contribution in [2.75, 3.05) is 7.05 Å². The summed E-state index contributed by atoms with van der Waals surface area (Å²) in [6, 6.07) is 17.0. The van der Waals surface area contributed by atoms with E-state index >= 15 is 0 Å². The number of halogens is 2. The van der Waals surface area contributed by atoms with Crippen molar-refractivity contribution in [1.82, 2.24) is 4.90 Å². The van der Waals surface area contributed by atoms with Gasteiger partial charge in [-0.15, -0.1) is 0 Å². The van der Waals surface area contributed by atoms with Gasteiger partial charge in [-0.1, -0.05) is 41.4 Å². The highest BCUT2D eigenvalue weighted by atomic mass is 35.5. The predicted molar refractivity (Wildman–Crippen MR) is 134 cm³/mol. The van der Waals surface area contributed by atoms with Crippen molar-refractivity contribution in [3.05, 3.63) is 98.2 Å². The average molecular weight is 521 g/mol. The number of ether oxygens (including phenoxy) is 1. The largest absolute Gasteiger partial charge is 0.457 e. The Morgan fingerprint density at radius 2 is 1.83 bits per heavy atom. The monoisotopic (exact) mass is 520 g/mol. The molecule has 1 aliphatic heterocycles. The van der Waals surface area contributed by atoms with Crippen LogP contribution in [0.4, 0.5) is 0 Å². The number of hydrogen-bond acceptors (Lipinski definition) is 6. The van der Waals surface area contributed by atoms with E-state index in [0.29, 0.717) is 27.7 Å². The van der Waals surface area contributed by atoms with Crippen molar-refractivity contribution >= 4 is 47.1 Å². The molecule has 4 rings (SSSR count). The molecule has 3 aromatic rings. The molecule has 2 amide bonds. The summed E-state index contributed by atoms with van der Waals surface area (Å²) in [5.41, 5.74) is 1.72. The second-order valence-electron chi connectivity index (χ2n) is 7.90. The van der Waals surface area contributed by atoms with Crippen LogP contribution in [-0.2, 0) is 20.9 Å². The van der Waals surface area contributed by atoms with Gasteiger partial charge in [0.1, 0.15) is 29.8 Å². The van der Waals surface area contributed by atoms with Gasteiger partial charge in [0.25, 0.3) is 11.8 Å². The molecule has 1 aromatic heterocycles. The Morgan fingerprint density at radius 1 is 1.08 bits per heavy atom. The maximum absolute atomic E-state index is 12.7. The zero-order valence-electron chi connectivity index (χ0n) is 19.2. The molecule has 0 radical (unpaired) electrons. The number of imide groups is 1. The minimum Gasteiger partial charge on any atom is -0.457 e. The first-order chi connectivity index (χ1) is 17.2. The molecule has 0 atom stereocenters. The van der Waals surface area contributed by atoms with Crippen molar-refractivity contribution in [3.8, 4) is 17.4 Å². The third kappa shape index (κ3) is 4.82. The van der Waals surface area contributed by atoms with Crippen LogP contribution >= 0.6 is 23.2 Å². The Bertz CT molecular complexity index is 1510. The summed E-state index contributed by atoms with van der Waals surface area (Å²) in [6.07, 6.45) is 1.47. The number of benzene rings is 2. The lowest BCUT2D eigenvalue weighted by atomic mass is 9.95. The highest BCUT2D eigenvalue weighted by molar-refractivity contribution is 6.33. The number of furan rings is 1. The number of carbonyl (C=O) groups is 3. The van der Waals surface area contributed by atoms with E-state index < -0.39 is 17.8 Å². The molecule has 1 aliphatic rings. The molecule has 0 saturated heterocycles. The van der Waals surface area contributed by atoms with Crippen molar-refractivity contribution in [1.29, 1.82) is 5.26 Å². The summed E-state index contributed by atoms with van der Waals surface area (Å²) in [5, 5.41) is 10.0. The van der Waals surface area contributed by atoms with Crippen LogP contribution in [0.15, 0.2) is 75.7 Å². The normalized spacial score (nSPS) is 14.9. The number of carbonyl (C=O) groups excluding carboxylic acids is 3. The topological polar surface area (TPSA) is 101 Å². The van der Waals surface area contributed by atoms with E-state index in [-0.39, 0.29) is 33.9 Å². The lowest BCUT2D eigenvalue weighted by molar-refractivity contribution is -0.138. The van der Waals surface area contributed by atoms with Crippen molar-refractivity contribution in [3.63, 3.8) is 0 Å². The lowest BCUT2D eigenvalue weighted by Gasteiger charge is -2.23. The highest BCUT2D eigenvalue weighted by Gasteiger charge is 2.33. The Hall–Kier alpha value is -4.12. The molecule has 7 nitrogen and oxygen atoms in total. The summed E-state index contributed by atoms with van der Waals surface area (Å²) in [5.74, 6) is -1.07. The fraction of sp³-hybridized carbons (Fsp3) is 0.111. The van der Waals surface area contributed by atoms with Gasteiger partial charge in [-0.3, -0.25) is 14.5 Å². The summed E-state index contributed by atoms with van der Waals surface area (Å²) < 4.78 is 11.3. The highest BCUT2D eigenvalue weighted by Crippen LogP contribution is 2.31. The molecule has 2 heterocycles. The number of nitrogens with zero attached hydrogens (tertiary/aromatic N) is 2. The van der Waals surface area contributed by atoms with Gasteiger partial charge in [0.05, 0.1) is 10.6 Å². The number of hydrogen-bond donors (Lipinski definition) is 0. The molecule has 2 aromatic carbocycles. The second-order valence-corrected chi connectivity index (χ2v) is 8.72. The molecule has 0 bridgehead atoms. The van der Waals surface area contributed by atoms with Gasteiger partial charge < -0.3 is 9.15 Å². The maximum Gasteiger partial charge on any atom is 0.340 e. The first kappa shape index (κ1) is 25.0. The Morgan fingerprint density at radius 3 is 2.56 bits per heavy atom. The third-order valence-corrected chi connectivity index (χ3v) is 6.34. The van der Waals surface area contributed by atoms with Crippen LogP contribution in [0.2, 0.25) is 10.0 Å². The number of likely N-dealkylation sites (N-methyl/N-ethyl adjacent to an activating group) is 1. The van der Waals surface area contributed by atoms with E-state index in [4.69, 9.17) is 32.4 Å². The number of esters is 1. The molecule has 180 valence electrons. The van der Waals surface area contributed by atoms with Crippen LogP contribution in [0.5, 0.6) is 0 Å². The van der Waals surface area contributed by atoms with Gasteiger partial charge in [-0.25, -0.2) is 4.79 Å². The SMILES string of the molecule is CC1=C(C#N)C(=O)N(C)C(=O)/C1=C\c1ccc(-c2ccc(Cl)c(C(=O)OCc3ccccc3Cl)c2)o1. The fourth-order valence-corrected chi connectivity index (χ4v) is 3.98. The first-order valence-electron chi connectivity index (χ1n) is 10.7. The molecule has 0 saturated carbocycles. The van der Waals surface area contributed by atoms with Crippen molar-refractivity contribution in [2.24, 2.45) is 0 Å². The number of nitriles is 1. The quantitative estimate of drug-likeness (QED) is 0.238. The van der Waals surface area contributed by atoms with Crippen molar-refractivity contribution in [2.45, 2.75) is 13.5 Å². The standard InChI is InChI=1S/C27H18Cl2N2O5/c1-15-19(25(32)31(2)26(33)21(15)13-30)12-18-8-10-24(36-18)16-7-9-23(29)20(11-16)27(34)35-14-17-5-3-4-6-22(17)28/h3-12H,14H2,1-2H3/b19-12-. The van der Waals surface area contributed by atoms with Crippen LogP contribution in [-0.4, -0.2) is 29.7 Å². The minimum atomic E-state index is -0.646. The molecule has 0 unspecified atom stereocenters. The fourth-order valence-electron chi connectivity index (χ4n) is 3.60. The van der Waals surface area contributed by atoms with Crippen molar-refractivity contribution < 1.29 is 23.5 Å². The Kier molecular flexibility index (Phi) is 7.11. The van der Waals surface area contributed by atoms with E-state index in [9.17, 15) is 19.6 Å². The average Bonchev–Trinajstić information content (AvgIpc) is 3.34. The molecule has 0 aliphatic carbocycles. The van der Waals surface area contributed by atoms with Crippen LogP contribution in [0, 0.1) is 11.3 Å². The summed E-state index contributed by atoms with van der Waals surface area (Å²) in [7, 11) is 1.32. The zero-order chi connectivity index (χ0) is 26.0. The van der Waals surface area contributed by atoms with Gasteiger partial charge in [-0.05, 0) is 55.0 Å². The third-order valence-electron chi connectivity index (χ3n) is 5.65. The molecule has 0 N–H and O–H groups in total. The maximum atomic E-state index is 12.7. The predicted octanol–water partition coefficient (Wildman–Crippen LogP) is 5.83. The minimum absolute atomic E-state index is 0.0138. The molecular weight excluding hydrogens is 503 g/mol. The van der Waals surface area contributed by atoms with Crippen LogP contribution in [0.3, 0.4) is 0 Å². The van der Waals surface area contributed by atoms with E-state index in [2.05, 4.69) is 0 Å². The summed E-state index contributed by atoms with van der Waals surface area (Å²) >= 11 is 12.4. The van der Waals surface area contributed by atoms with Gasteiger partial charge in [0.15, 0.2) is 0 Å². The molecule has 0 spiro atoms. The van der Waals surface area contributed by atoms with Gasteiger partial charge in [0.2, 0.25) is 0 Å². The molecule has 9 heteroatoms. The van der Waals surface area contributed by atoms with Gasteiger partial charge in [-0.2, -0.15) is 5.26 Å². The number of rotatable bonds is 5. The van der Waals surface area contributed by atoms with E-state index in [1.807, 2.05) is 6.07 Å². The zero-order valence-corrected chi connectivity index (χ0v) is 20.7. The first-order valence-corrected chi connectivity index (χ1v) is 11.4. The smallest absolute Gasteiger partial charge is 0.340 e.